The van der Waals surface area contributed by atoms with Gasteiger partial charge in [0.05, 0.1) is 18.8 Å². The first-order valence-corrected chi connectivity index (χ1v) is 12.3. The molecular formula is C26H29F2N7O3. The van der Waals surface area contributed by atoms with Gasteiger partial charge in [0.1, 0.15) is 36.2 Å². The second-order valence-corrected chi connectivity index (χ2v) is 9.10. The van der Waals surface area contributed by atoms with Crippen LogP contribution in [-0.4, -0.2) is 40.1 Å². The van der Waals surface area contributed by atoms with Crippen LogP contribution in [0.1, 0.15) is 44.6 Å². The molecule has 0 bridgehead atoms. The molecule has 2 aromatic heterocycles. The first-order chi connectivity index (χ1) is 18.3. The molecule has 0 fully saturated rings. The largest absolute Gasteiger partial charge is 0.381 e. The fraction of sp³-hybridized carbons (Fsp3) is 0.346. The molecule has 1 atom stereocenters. The van der Waals surface area contributed by atoms with Crippen LogP contribution in [0.25, 0.3) is 5.69 Å². The Bertz CT molecular complexity index is 1420. The Labute approximate surface area is 217 Å². The lowest BCUT2D eigenvalue weighted by molar-refractivity contribution is -0.116. The minimum Gasteiger partial charge on any atom is -0.381 e. The lowest BCUT2D eigenvalue weighted by Crippen LogP contribution is -2.41. The van der Waals surface area contributed by atoms with E-state index in [4.69, 9.17) is 0 Å². The Kier molecular flexibility index (Phi) is 8.41. The van der Waals surface area contributed by atoms with E-state index in [0.29, 0.717) is 23.9 Å². The number of unbranched alkanes of at least 4 members (excludes halogenated alkanes) is 3. The summed E-state index contributed by atoms with van der Waals surface area (Å²) < 4.78 is 31.8. The number of hydrogen-bond acceptors (Lipinski definition) is 6. The molecule has 1 amide bonds. The molecule has 4 aromatic rings. The van der Waals surface area contributed by atoms with Crippen molar-refractivity contribution in [1.29, 1.82) is 0 Å². The molecule has 1 unspecified atom stereocenters. The van der Waals surface area contributed by atoms with Gasteiger partial charge in [-0.05, 0) is 36.8 Å². The second kappa shape index (κ2) is 11.9. The van der Waals surface area contributed by atoms with E-state index in [1.165, 1.54) is 28.2 Å². The van der Waals surface area contributed by atoms with E-state index in [0.717, 1.165) is 42.5 Å². The third-order valence-corrected chi connectivity index (χ3v) is 6.15. The standard InChI is InChI=1S/C26H29F2N7O3/c1-2-3-4-5-6-24(36)32-20-8-10-21(11-9-20)34-18-31-35(25(34)37)15-26(38,14-33-17-29-16-30-33)22-12-7-19(27)13-23(22)28/h7-13,16-18,38H,2-6,14-15H2,1H3,(H,32,36). The van der Waals surface area contributed by atoms with E-state index < -0.39 is 29.5 Å². The van der Waals surface area contributed by atoms with E-state index in [9.17, 15) is 23.5 Å². The summed E-state index contributed by atoms with van der Waals surface area (Å²) in [4.78, 5) is 29.1. The van der Waals surface area contributed by atoms with Crippen molar-refractivity contribution >= 4 is 11.6 Å². The maximum atomic E-state index is 14.7. The second-order valence-electron chi connectivity index (χ2n) is 9.10. The molecule has 0 aliphatic rings. The van der Waals surface area contributed by atoms with Crippen LogP contribution >= 0.6 is 0 Å². The zero-order valence-electron chi connectivity index (χ0n) is 20.9. The van der Waals surface area contributed by atoms with Crippen molar-refractivity contribution in [2.45, 2.75) is 57.7 Å². The number of anilines is 1. The van der Waals surface area contributed by atoms with Crippen LogP contribution < -0.4 is 11.0 Å². The predicted octanol–water partition coefficient (Wildman–Crippen LogP) is 3.40. The highest BCUT2D eigenvalue weighted by atomic mass is 19.1. The number of aliphatic hydroxyl groups is 1. The Morgan fingerprint density at radius 3 is 2.50 bits per heavy atom. The van der Waals surface area contributed by atoms with Crippen LogP contribution in [0.5, 0.6) is 0 Å². The van der Waals surface area contributed by atoms with Crippen molar-refractivity contribution in [2.24, 2.45) is 0 Å². The molecule has 2 aromatic carbocycles. The highest BCUT2D eigenvalue weighted by Gasteiger charge is 2.35. The van der Waals surface area contributed by atoms with Gasteiger partial charge >= 0.3 is 5.69 Å². The van der Waals surface area contributed by atoms with Gasteiger partial charge < -0.3 is 10.4 Å². The maximum Gasteiger partial charge on any atom is 0.350 e. The molecular weight excluding hydrogens is 496 g/mol. The van der Waals surface area contributed by atoms with Crippen molar-refractivity contribution in [3.8, 4) is 5.69 Å². The predicted molar refractivity (Wildman–Crippen MR) is 135 cm³/mol. The fourth-order valence-electron chi connectivity index (χ4n) is 4.18. The topological polar surface area (TPSA) is 120 Å². The summed E-state index contributed by atoms with van der Waals surface area (Å²) in [6.07, 6.45) is 8.35. The van der Waals surface area contributed by atoms with Gasteiger partial charge in [0.2, 0.25) is 5.91 Å². The lowest BCUT2D eigenvalue weighted by Gasteiger charge is -2.28. The van der Waals surface area contributed by atoms with E-state index in [1.54, 1.807) is 24.3 Å². The molecule has 2 N–H and O–H groups in total. The molecule has 4 rings (SSSR count). The monoisotopic (exact) mass is 525 g/mol. The average Bonchev–Trinajstić information content (AvgIpc) is 3.52. The van der Waals surface area contributed by atoms with Gasteiger partial charge in [-0.1, -0.05) is 32.3 Å². The van der Waals surface area contributed by atoms with Crippen molar-refractivity contribution in [2.75, 3.05) is 5.32 Å². The number of carbonyl (C=O) groups is 1. The van der Waals surface area contributed by atoms with Crippen molar-refractivity contribution in [3.63, 3.8) is 0 Å². The minimum absolute atomic E-state index is 0.0708. The molecule has 0 aliphatic carbocycles. The quantitative estimate of drug-likeness (QED) is 0.274. The minimum atomic E-state index is -2.00. The van der Waals surface area contributed by atoms with Crippen LogP contribution in [0, 0.1) is 11.6 Å². The third kappa shape index (κ3) is 6.38. The van der Waals surface area contributed by atoms with Crippen LogP contribution in [0.4, 0.5) is 14.5 Å². The van der Waals surface area contributed by atoms with E-state index in [1.807, 2.05) is 0 Å². The highest BCUT2D eigenvalue weighted by Crippen LogP contribution is 2.28. The Hall–Kier alpha value is -4.19. The van der Waals surface area contributed by atoms with Gasteiger partial charge in [-0.2, -0.15) is 10.2 Å². The van der Waals surface area contributed by atoms with Gasteiger partial charge in [-0.15, -0.1) is 0 Å². The number of amides is 1. The van der Waals surface area contributed by atoms with Crippen molar-refractivity contribution in [3.05, 3.63) is 89.1 Å². The molecule has 0 aliphatic heterocycles. The summed E-state index contributed by atoms with van der Waals surface area (Å²) in [5.41, 5.74) is -1.72. The molecule has 0 saturated carbocycles. The molecule has 10 nitrogen and oxygen atoms in total. The first-order valence-electron chi connectivity index (χ1n) is 12.3. The summed E-state index contributed by atoms with van der Waals surface area (Å²) in [6.45, 7) is 1.41. The van der Waals surface area contributed by atoms with Crippen molar-refractivity contribution in [1.82, 2.24) is 29.1 Å². The lowest BCUT2D eigenvalue weighted by atomic mass is 9.93. The molecule has 0 radical (unpaired) electrons. The van der Waals surface area contributed by atoms with E-state index in [-0.39, 0.29) is 18.0 Å². The normalized spacial score (nSPS) is 12.8. The Morgan fingerprint density at radius 2 is 1.82 bits per heavy atom. The van der Waals surface area contributed by atoms with Crippen LogP contribution in [0.3, 0.4) is 0 Å². The summed E-state index contributed by atoms with van der Waals surface area (Å²) in [5.74, 6) is -1.84. The maximum absolute atomic E-state index is 14.7. The summed E-state index contributed by atoms with van der Waals surface area (Å²) in [5, 5.41) is 22.4. The molecule has 12 heteroatoms. The van der Waals surface area contributed by atoms with Gasteiger partial charge in [0.15, 0.2) is 0 Å². The van der Waals surface area contributed by atoms with Crippen LogP contribution in [0.15, 0.2) is 66.2 Å². The zero-order chi connectivity index (χ0) is 27.1. The van der Waals surface area contributed by atoms with Crippen LogP contribution in [-0.2, 0) is 23.5 Å². The summed E-state index contributed by atoms with van der Waals surface area (Å²) in [7, 11) is 0. The van der Waals surface area contributed by atoms with Gasteiger partial charge in [-0.3, -0.25) is 4.79 Å². The van der Waals surface area contributed by atoms with E-state index >= 15 is 0 Å². The number of rotatable bonds is 12. The Balaban J connectivity index is 1.52. The molecule has 200 valence electrons. The van der Waals surface area contributed by atoms with E-state index in [2.05, 4.69) is 27.4 Å². The number of benzene rings is 2. The first kappa shape index (κ1) is 26.9. The highest BCUT2D eigenvalue weighted by molar-refractivity contribution is 5.90. The molecule has 38 heavy (non-hydrogen) atoms. The average molecular weight is 526 g/mol. The zero-order valence-corrected chi connectivity index (χ0v) is 20.9. The third-order valence-electron chi connectivity index (χ3n) is 6.15. The number of halogens is 2. The number of hydrogen-bond donors (Lipinski definition) is 2. The fourth-order valence-corrected chi connectivity index (χ4v) is 4.18. The summed E-state index contributed by atoms with van der Waals surface area (Å²) in [6, 6.07) is 9.48. The summed E-state index contributed by atoms with van der Waals surface area (Å²) >= 11 is 0. The smallest absolute Gasteiger partial charge is 0.350 e. The number of nitrogens with zero attached hydrogens (tertiary/aromatic N) is 6. The SMILES string of the molecule is CCCCCCC(=O)Nc1ccc(-n2cnn(CC(O)(Cn3cncn3)c3ccc(F)cc3F)c2=O)cc1. The molecule has 0 saturated heterocycles. The van der Waals surface area contributed by atoms with Gasteiger partial charge in [0.25, 0.3) is 0 Å². The molecule has 0 spiro atoms. The number of carbonyl (C=O) groups excluding carboxylic acids is 1. The van der Waals surface area contributed by atoms with Gasteiger partial charge in [0, 0.05) is 23.7 Å². The van der Waals surface area contributed by atoms with Crippen LogP contribution in [0.2, 0.25) is 0 Å². The van der Waals surface area contributed by atoms with Gasteiger partial charge in [-0.25, -0.2) is 32.5 Å². The Morgan fingerprint density at radius 1 is 1.03 bits per heavy atom. The number of aromatic nitrogens is 6. The van der Waals surface area contributed by atoms with Crippen molar-refractivity contribution < 1.29 is 18.7 Å². The number of nitrogens with one attached hydrogen (secondary N) is 1. The molecule has 2 heterocycles.